The van der Waals surface area contributed by atoms with Gasteiger partial charge < -0.3 is 14.7 Å². The highest BCUT2D eigenvalue weighted by atomic mass is 16.6. The molecule has 0 N–H and O–H groups in total. The van der Waals surface area contributed by atoms with Gasteiger partial charge in [0.15, 0.2) is 0 Å². The zero-order chi connectivity index (χ0) is 14.3. The first-order valence-electron chi connectivity index (χ1n) is 5.99. The molecule has 2 heterocycles. The Hall–Kier alpha value is -2.77. The van der Waals surface area contributed by atoms with Crippen LogP contribution in [0.1, 0.15) is 17.3 Å². The molecule has 1 unspecified atom stereocenters. The maximum Gasteiger partial charge on any atom is 0.381 e. The van der Waals surface area contributed by atoms with E-state index in [9.17, 15) is 20.2 Å². The van der Waals surface area contributed by atoms with Gasteiger partial charge in [0.1, 0.15) is 6.20 Å². The number of non-ortho nitro benzene ring substituents is 1. The largest absolute Gasteiger partial charge is 0.381 e. The normalized spacial score (nSPS) is 16.9. The van der Waals surface area contributed by atoms with Crippen LogP contribution in [0.4, 0.5) is 11.5 Å². The lowest BCUT2D eigenvalue weighted by Gasteiger charge is -2.07. The monoisotopic (exact) mass is 274 g/mol. The average molecular weight is 274 g/mol. The van der Waals surface area contributed by atoms with E-state index in [0.717, 1.165) is 5.56 Å². The number of benzene rings is 1. The van der Waals surface area contributed by atoms with Crippen LogP contribution < -0.4 is 0 Å². The van der Waals surface area contributed by atoms with Crippen molar-refractivity contribution in [3.63, 3.8) is 0 Å². The molecule has 0 bridgehead atoms. The highest BCUT2D eigenvalue weighted by Gasteiger charge is 2.30. The molecule has 0 saturated carbocycles. The third kappa shape index (κ3) is 2.00. The molecule has 20 heavy (non-hydrogen) atoms. The van der Waals surface area contributed by atoms with Gasteiger partial charge in [0.25, 0.3) is 5.69 Å². The molecule has 1 aliphatic heterocycles. The zero-order valence-electron chi connectivity index (χ0n) is 10.3. The number of aromatic nitrogens is 2. The summed E-state index contributed by atoms with van der Waals surface area (Å²) >= 11 is 0. The smallest absolute Gasteiger partial charge is 0.358 e. The Morgan fingerprint density at radius 2 is 1.85 bits per heavy atom. The Balaban J connectivity index is 1.79. The van der Waals surface area contributed by atoms with Crippen LogP contribution in [-0.4, -0.2) is 19.4 Å². The van der Waals surface area contributed by atoms with Gasteiger partial charge in [-0.25, -0.2) is 0 Å². The molecule has 0 saturated heterocycles. The van der Waals surface area contributed by atoms with Crippen molar-refractivity contribution >= 4 is 11.5 Å². The number of nitro groups is 2. The summed E-state index contributed by atoms with van der Waals surface area (Å²) in [6.07, 6.45) is 2.03. The lowest BCUT2D eigenvalue weighted by atomic mass is 9.97. The van der Waals surface area contributed by atoms with Crippen molar-refractivity contribution in [1.82, 2.24) is 9.55 Å². The van der Waals surface area contributed by atoms with Crippen molar-refractivity contribution in [3.05, 3.63) is 62.1 Å². The molecule has 0 aliphatic carbocycles. The second-order valence-electron chi connectivity index (χ2n) is 4.67. The van der Waals surface area contributed by atoms with Gasteiger partial charge in [0.2, 0.25) is 5.82 Å². The quantitative estimate of drug-likeness (QED) is 0.629. The Morgan fingerprint density at radius 3 is 2.40 bits per heavy atom. The molecule has 1 aliphatic rings. The minimum absolute atomic E-state index is 0.0557. The minimum Gasteiger partial charge on any atom is -0.358 e. The highest BCUT2D eigenvalue weighted by molar-refractivity contribution is 5.35. The minimum atomic E-state index is -0.508. The number of imidazole rings is 1. The molecular weight excluding hydrogens is 264 g/mol. The van der Waals surface area contributed by atoms with Crippen LogP contribution in [0.3, 0.4) is 0 Å². The molecule has 3 rings (SSSR count). The fraction of sp³-hybridized carbons (Fsp3) is 0.250. The van der Waals surface area contributed by atoms with Crippen LogP contribution in [0.15, 0.2) is 30.5 Å². The highest BCUT2D eigenvalue weighted by Crippen LogP contribution is 2.31. The van der Waals surface area contributed by atoms with Gasteiger partial charge in [0.05, 0.1) is 4.92 Å². The second-order valence-corrected chi connectivity index (χ2v) is 4.67. The molecule has 0 amide bonds. The summed E-state index contributed by atoms with van der Waals surface area (Å²) in [6.45, 7) is 0.605. The van der Waals surface area contributed by atoms with Gasteiger partial charge in [-0.05, 0) is 15.5 Å². The van der Waals surface area contributed by atoms with Gasteiger partial charge in [0, 0.05) is 31.0 Å². The van der Waals surface area contributed by atoms with Crippen molar-refractivity contribution in [2.45, 2.75) is 18.9 Å². The number of fused-ring (bicyclic) bond motifs is 1. The van der Waals surface area contributed by atoms with Crippen LogP contribution in [0.5, 0.6) is 0 Å². The van der Waals surface area contributed by atoms with Crippen molar-refractivity contribution < 1.29 is 9.85 Å². The first-order valence-corrected chi connectivity index (χ1v) is 5.99. The molecular formula is C12H10N4O4. The third-order valence-corrected chi connectivity index (χ3v) is 3.45. The zero-order valence-corrected chi connectivity index (χ0v) is 10.3. The number of nitrogens with zero attached hydrogens (tertiary/aromatic N) is 4. The van der Waals surface area contributed by atoms with Crippen LogP contribution in [0.2, 0.25) is 0 Å². The van der Waals surface area contributed by atoms with E-state index < -0.39 is 9.85 Å². The van der Waals surface area contributed by atoms with E-state index in [1.807, 2.05) is 0 Å². The molecule has 0 fully saturated rings. The molecule has 8 heteroatoms. The molecule has 0 spiro atoms. The topological polar surface area (TPSA) is 104 Å². The summed E-state index contributed by atoms with van der Waals surface area (Å²) in [7, 11) is 0. The first kappa shape index (κ1) is 12.3. The van der Waals surface area contributed by atoms with Gasteiger partial charge in [-0.2, -0.15) is 0 Å². The predicted molar refractivity (Wildman–Crippen MR) is 68.4 cm³/mol. The van der Waals surface area contributed by atoms with Crippen LogP contribution in [0, 0.1) is 20.2 Å². The van der Waals surface area contributed by atoms with Gasteiger partial charge in [-0.1, -0.05) is 12.1 Å². The van der Waals surface area contributed by atoms with E-state index in [-0.39, 0.29) is 17.4 Å². The summed E-state index contributed by atoms with van der Waals surface area (Å²) in [5.74, 6) is 0.696. The SMILES string of the molecule is O=[N+]([O-])c1ccc(C2Cc3nc([N+](=O)[O-])cn3C2)cc1. The molecule has 8 nitrogen and oxygen atoms in total. The van der Waals surface area contributed by atoms with Crippen molar-refractivity contribution in [3.8, 4) is 0 Å². The second kappa shape index (κ2) is 4.41. The summed E-state index contributed by atoms with van der Waals surface area (Å²) in [5.41, 5.74) is 1.03. The molecule has 102 valence electrons. The van der Waals surface area contributed by atoms with E-state index in [1.165, 1.54) is 18.3 Å². The van der Waals surface area contributed by atoms with Crippen molar-refractivity contribution in [2.24, 2.45) is 0 Å². The molecule has 1 aromatic heterocycles. The van der Waals surface area contributed by atoms with Crippen LogP contribution in [0.25, 0.3) is 0 Å². The van der Waals surface area contributed by atoms with E-state index in [2.05, 4.69) is 4.98 Å². The Labute approximate surface area is 113 Å². The number of hydrogen-bond acceptors (Lipinski definition) is 5. The Morgan fingerprint density at radius 1 is 1.15 bits per heavy atom. The van der Waals surface area contributed by atoms with E-state index in [4.69, 9.17) is 0 Å². The number of hydrogen-bond donors (Lipinski definition) is 0. The summed E-state index contributed by atoms with van der Waals surface area (Å²) in [6, 6.07) is 6.39. The maximum absolute atomic E-state index is 10.6. The van der Waals surface area contributed by atoms with Gasteiger partial charge in [-0.3, -0.25) is 10.1 Å². The van der Waals surface area contributed by atoms with Crippen molar-refractivity contribution in [2.75, 3.05) is 0 Å². The fourth-order valence-electron chi connectivity index (χ4n) is 2.46. The predicted octanol–water partition coefficient (Wildman–Crippen LogP) is 2.04. The standard InChI is InChI=1S/C12H10N4O4/c17-15(18)10-3-1-8(2-4-10)9-5-11-13-12(16(19)20)7-14(11)6-9/h1-4,7,9H,5-6H2. The molecule has 1 aromatic carbocycles. The average Bonchev–Trinajstić information content (AvgIpc) is 2.96. The van der Waals surface area contributed by atoms with E-state index in [1.54, 1.807) is 16.7 Å². The number of nitro benzene ring substituents is 1. The lowest BCUT2D eigenvalue weighted by Crippen LogP contribution is -2.01. The van der Waals surface area contributed by atoms with E-state index in [0.29, 0.717) is 18.8 Å². The summed E-state index contributed by atoms with van der Waals surface area (Å²) < 4.78 is 1.77. The van der Waals surface area contributed by atoms with Crippen LogP contribution >= 0.6 is 0 Å². The first-order chi connectivity index (χ1) is 9.54. The van der Waals surface area contributed by atoms with E-state index >= 15 is 0 Å². The Kier molecular flexibility index (Phi) is 2.70. The summed E-state index contributed by atoms with van der Waals surface area (Å²) in [5, 5.41) is 21.2. The lowest BCUT2D eigenvalue weighted by molar-refractivity contribution is -0.389. The van der Waals surface area contributed by atoms with Gasteiger partial charge >= 0.3 is 5.82 Å². The maximum atomic E-state index is 10.6. The Bertz CT molecular complexity index is 668. The summed E-state index contributed by atoms with van der Waals surface area (Å²) in [4.78, 5) is 24.2. The van der Waals surface area contributed by atoms with Crippen molar-refractivity contribution in [1.29, 1.82) is 0 Å². The number of rotatable bonds is 3. The third-order valence-electron chi connectivity index (χ3n) is 3.45. The van der Waals surface area contributed by atoms with Crippen LogP contribution in [-0.2, 0) is 13.0 Å². The molecule has 0 radical (unpaired) electrons. The molecule has 1 atom stereocenters. The van der Waals surface area contributed by atoms with Gasteiger partial charge in [-0.15, -0.1) is 0 Å². The molecule has 2 aromatic rings. The fourth-order valence-corrected chi connectivity index (χ4v) is 2.46.